The lowest BCUT2D eigenvalue weighted by Crippen LogP contribution is -2.42. The zero-order chi connectivity index (χ0) is 15.8. The van der Waals surface area contributed by atoms with E-state index in [0.29, 0.717) is 17.6 Å². The number of carbonyl (C=O) groups excluding carboxylic acids is 2. The zero-order valence-electron chi connectivity index (χ0n) is 12.9. The molecule has 0 atom stereocenters. The molecule has 1 aliphatic rings. The molecule has 0 aliphatic heterocycles. The van der Waals surface area contributed by atoms with E-state index < -0.39 is 0 Å². The van der Waals surface area contributed by atoms with Crippen LogP contribution in [0.4, 0.5) is 5.13 Å². The van der Waals surface area contributed by atoms with Gasteiger partial charge in [-0.05, 0) is 18.8 Å². The highest BCUT2D eigenvalue weighted by Crippen LogP contribution is 2.24. The summed E-state index contributed by atoms with van der Waals surface area (Å²) in [6.07, 6.45) is 7.59. The van der Waals surface area contributed by atoms with Crippen molar-refractivity contribution in [3.63, 3.8) is 0 Å². The van der Waals surface area contributed by atoms with Crippen molar-refractivity contribution in [3.8, 4) is 0 Å². The third-order valence-electron chi connectivity index (χ3n) is 3.84. The Morgan fingerprint density at radius 1 is 1.41 bits per heavy atom. The molecular weight excluding hydrogens is 302 g/mol. The van der Waals surface area contributed by atoms with Crippen molar-refractivity contribution in [2.75, 3.05) is 32.1 Å². The fraction of sp³-hybridized carbons (Fsp3) is 0.667. The number of nitrogens with one attached hydrogen (secondary N) is 1. The van der Waals surface area contributed by atoms with Gasteiger partial charge in [-0.25, -0.2) is 4.98 Å². The molecule has 2 rings (SSSR count). The van der Waals surface area contributed by atoms with Crippen LogP contribution in [-0.2, 0) is 14.3 Å². The summed E-state index contributed by atoms with van der Waals surface area (Å²) in [5, 5.41) is 5.07. The number of methoxy groups -OCH3 is 1. The number of hydrogen-bond acceptors (Lipinski definition) is 5. The van der Waals surface area contributed by atoms with Crippen molar-refractivity contribution in [1.29, 1.82) is 0 Å². The van der Waals surface area contributed by atoms with E-state index >= 15 is 0 Å². The van der Waals surface area contributed by atoms with Gasteiger partial charge in [0.1, 0.15) is 13.2 Å². The third-order valence-corrected chi connectivity index (χ3v) is 4.53. The van der Waals surface area contributed by atoms with Crippen LogP contribution in [-0.4, -0.2) is 48.5 Å². The predicted octanol–water partition coefficient (Wildman–Crippen LogP) is 2.14. The Kier molecular flexibility index (Phi) is 6.79. The minimum absolute atomic E-state index is 0.0112. The first-order chi connectivity index (χ1) is 10.7. The van der Waals surface area contributed by atoms with E-state index in [1.54, 1.807) is 16.5 Å². The normalized spacial score (nSPS) is 15.5. The highest BCUT2D eigenvalue weighted by molar-refractivity contribution is 7.13. The number of hydrogen-bond donors (Lipinski definition) is 1. The van der Waals surface area contributed by atoms with Crippen LogP contribution in [0.2, 0.25) is 0 Å². The molecule has 7 heteroatoms. The molecule has 1 heterocycles. The summed E-state index contributed by atoms with van der Waals surface area (Å²) in [6, 6.07) is 0. The quantitative estimate of drug-likeness (QED) is 0.834. The van der Waals surface area contributed by atoms with Crippen molar-refractivity contribution in [3.05, 3.63) is 11.6 Å². The first-order valence-electron chi connectivity index (χ1n) is 7.65. The fourth-order valence-electron chi connectivity index (χ4n) is 2.77. The van der Waals surface area contributed by atoms with Gasteiger partial charge >= 0.3 is 0 Å². The third kappa shape index (κ3) is 5.38. The Morgan fingerprint density at radius 3 is 2.82 bits per heavy atom. The minimum atomic E-state index is -0.213. The fourth-order valence-corrected chi connectivity index (χ4v) is 3.31. The minimum Gasteiger partial charge on any atom is -0.375 e. The molecule has 1 aromatic rings. The van der Waals surface area contributed by atoms with Gasteiger partial charge < -0.3 is 15.0 Å². The van der Waals surface area contributed by atoms with E-state index in [0.717, 1.165) is 12.8 Å². The molecule has 1 aromatic heterocycles. The average molecular weight is 325 g/mol. The van der Waals surface area contributed by atoms with Gasteiger partial charge in [0.05, 0.1) is 0 Å². The van der Waals surface area contributed by atoms with Crippen LogP contribution in [0.5, 0.6) is 0 Å². The second-order valence-corrected chi connectivity index (χ2v) is 6.49. The number of carbonyl (C=O) groups is 2. The number of nitrogens with zero attached hydrogens (tertiary/aromatic N) is 2. The van der Waals surface area contributed by atoms with Crippen LogP contribution in [0.1, 0.15) is 32.1 Å². The summed E-state index contributed by atoms with van der Waals surface area (Å²) in [6.45, 7) is 0.697. The molecular formula is C15H23N3O3S. The first-order valence-corrected chi connectivity index (χ1v) is 8.53. The summed E-state index contributed by atoms with van der Waals surface area (Å²) in [4.78, 5) is 29.9. The van der Waals surface area contributed by atoms with Gasteiger partial charge in [-0.15, -0.1) is 11.3 Å². The van der Waals surface area contributed by atoms with Crippen LogP contribution in [0, 0.1) is 5.92 Å². The Hall–Kier alpha value is -1.47. The van der Waals surface area contributed by atoms with Crippen molar-refractivity contribution >= 4 is 28.3 Å². The van der Waals surface area contributed by atoms with Gasteiger partial charge in [0, 0.05) is 25.2 Å². The molecule has 22 heavy (non-hydrogen) atoms. The SMILES string of the molecule is COCC(=O)N(CC(=O)Nc1nccs1)CC1CCCCC1. The van der Waals surface area contributed by atoms with Crippen LogP contribution in [0.3, 0.4) is 0 Å². The summed E-state index contributed by atoms with van der Waals surface area (Å²) >= 11 is 1.36. The monoisotopic (exact) mass is 325 g/mol. The summed E-state index contributed by atoms with van der Waals surface area (Å²) in [7, 11) is 1.49. The second-order valence-electron chi connectivity index (χ2n) is 5.60. The van der Waals surface area contributed by atoms with Crippen LogP contribution < -0.4 is 5.32 Å². The van der Waals surface area contributed by atoms with Crippen molar-refractivity contribution < 1.29 is 14.3 Å². The summed E-state index contributed by atoms with van der Waals surface area (Å²) in [5.41, 5.74) is 0. The lowest BCUT2D eigenvalue weighted by Gasteiger charge is -2.29. The van der Waals surface area contributed by atoms with Gasteiger partial charge in [-0.3, -0.25) is 9.59 Å². The number of aromatic nitrogens is 1. The van der Waals surface area contributed by atoms with E-state index in [1.807, 2.05) is 0 Å². The van der Waals surface area contributed by atoms with Gasteiger partial charge in [0.2, 0.25) is 11.8 Å². The Bertz CT molecular complexity index is 472. The number of anilines is 1. The highest BCUT2D eigenvalue weighted by atomic mass is 32.1. The average Bonchev–Trinajstić information content (AvgIpc) is 3.00. The lowest BCUT2D eigenvalue weighted by molar-refractivity contribution is -0.138. The van der Waals surface area contributed by atoms with Crippen LogP contribution in [0.25, 0.3) is 0 Å². The molecule has 1 fully saturated rings. The van der Waals surface area contributed by atoms with E-state index in [2.05, 4.69) is 10.3 Å². The number of ether oxygens (including phenoxy) is 1. The molecule has 2 amide bonds. The second kappa shape index (κ2) is 8.85. The van der Waals surface area contributed by atoms with Crippen LogP contribution >= 0.6 is 11.3 Å². The maximum atomic E-state index is 12.2. The van der Waals surface area contributed by atoms with Crippen molar-refractivity contribution in [1.82, 2.24) is 9.88 Å². The van der Waals surface area contributed by atoms with Gasteiger partial charge in [-0.2, -0.15) is 0 Å². The van der Waals surface area contributed by atoms with Gasteiger partial charge in [-0.1, -0.05) is 19.3 Å². The molecule has 0 aromatic carbocycles. The first kappa shape index (κ1) is 16.9. The zero-order valence-corrected chi connectivity index (χ0v) is 13.7. The maximum absolute atomic E-state index is 12.2. The summed E-state index contributed by atoms with van der Waals surface area (Å²) in [5.74, 6) is 0.139. The number of thiazole rings is 1. The van der Waals surface area contributed by atoms with Gasteiger partial charge in [0.15, 0.2) is 5.13 Å². The molecule has 6 nitrogen and oxygen atoms in total. The maximum Gasteiger partial charge on any atom is 0.249 e. The lowest BCUT2D eigenvalue weighted by atomic mass is 9.89. The summed E-state index contributed by atoms with van der Waals surface area (Å²) < 4.78 is 4.93. The molecule has 0 radical (unpaired) electrons. The molecule has 0 spiro atoms. The Morgan fingerprint density at radius 2 is 2.18 bits per heavy atom. The standard InChI is InChI=1S/C15H23N3O3S/c1-21-11-14(20)18(9-12-5-3-2-4-6-12)10-13(19)17-15-16-7-8-22-15/h7-8,12H,2-6,9-11H2,1H3,(H,16,17,19). The smallest absolute Gasteiger partial charge is 0.249 e. The Balaban J connectivity index is 1.90. The number of amides is 2. The highest BCUT2D eigenvalue weighted by Gasteiger charge is 2.23. The Labute approximate surface area is 134 Å². The molecule has 0 bridgehead atoms. The predicted molar refractivity (Wildman–Crippen MR) is 85.8 cm³/mol. The molecule has 0 saturated heterocycles. The van der Waals surface area contributed by atoms with E-state index in [1.165, 1.54) is 37.7 Å². The molecule has 0 unspecified atom stereocenters. The van der Waals surface area contributed by atoms with Crippen LogP contribution in [0.15, 0.2) is 11.6 Å². The topological polar surface area (TPSA) is 71.5 Å². The van der Waals surface area contributed by atoms with E-state index in [4.69, 9.17) is 4.74 Å². The van der Waals surface area contributed by atoms with Crippen molar-refractivity contribution in [2.24, 2.45) is 5.92 Å². The molecule has 122 valence electrons. The largest absolute Gasteiger partial charge is 0.375 e. The van der Waals surface area contributed by atoms with E-state index in [-0.39, 0.29) is 25.0 Å². The number of rotatable bonds is 7. The van der Waals surface area contributed by atoms with Crippen molar-refractivity contribution in [2.45, 2.75) is 32.1 Å². The molecule has 1 saturated carbocycles. The van der Waals surface area contributed by atoms with E-state index in [9.17, 15) is 9.59 Å². The van der Waals surface area contributed by atoms with Gasteiger partial charge in [0.25, 0.3) is 0 Å². The molecule has 1 aliphatic carbocycles. The molecule has 1 N–H and O–H groups in total.